The first-order chi connectivity index (χ1) is 15.8. The minimum atomic E-state index is -0.827. The van der Waals surface area contributed by atoms with E-state index in [1.165, 1.54) is 24.1 Å². The highest BCUT2D eigenvalue weighted by molar-refractivity contribution is 6.52. The van der Waals surface area contributed by atoms with Gasteiger partial charge >= 0.3 is 0 Å². The van der Waals surface area contributed by atoms with Crippen LogP contribution in [0.1, 0.15) is 28.3 Å². The van der Waals surface area contributed by atoms with Crippen LogP contribution in [0.4, 0.5) is 5.69 Å². The molecule has 1 atom stereocenters. The Labute approximate surface area is 201 Å². The van der Waals surface area contributed by atoms with Crippen LogP contribution in [0.15, 0.2) is 66.2 Å². The van der Waals surface area contributed by atoms with E-state index in [4.69, 9.17) is 27.9 Å². The number of nitrogens with zero attached hydrogens (tertiary/aromatic N) is 1. The number of carbonyl (C=O) groups excluding carboxylic acids is 2. The maximum atomic E-state index is 13.3. The minimum Gasteiger partial charge on any atom is -0.507 e. The number of carbonyl (C=O) groups is 2. The van der Waals surface area contributed by atoms with Crippen molar-refractivity contribution in [2.45, 2.75) is 19.9 Å². The Kier molecular flexibility index (Phi) is 6.19. The number of benzene rings is 3. The van der Waals surface area contributed by atoms with Gasteiger partial charge in [0.25, 0.3) is 11.7 Å². The van der Waals surface area contributed by atoms with Gasteiger partial charge in [0.15, 0.2) is 5.75 Å². The quantitative estimate of drug-likeness (QED) is 0.271. The molecule has 1 unspecified atom stereocenters. The highest BCUT2D eigenvalue weighted by Gasteiger charge is 2.47. The topological polar surface area (TPSA) is 66.8 Å². The maximum absolute atomic E-state index is 13.3. The molecule has 0 bridgehead atoms. The zero-order valence-electron chi connectivity index (χ0n) is 18.2. The summed E-state index contributed by atoms with van der Waals surface area (Å²) in [6.45, 7) is 3.84. The van der Waals surface area contributed by atoms with Crippen LogP contribution in [0, 0.1) is 13.8 Å². The number of amides is 1. The van der Waals surface area contributed by atoms with E-state index in [2.05, 4.69) is 0 Å². The fourth-order valence-corrected chi connectivity index (χ4v) is 4.72. The molecular weight excluding hydrogens is 461 g/mol. The van der Waals surface area contributed by atoms with Crippen LogP contribution < -0.4 is 9.64 Å². The molecule has 168 valence electrons. The standard InChI is InChI=1S/C26H21Cl2NO4/c1-14-8-7-11-20(15(14)2)29-22(16-9-5-4-6-10-16)21(24(31)26(29)32)23(30)17-12-18(27)25(33-3)19(28)13-17/h4-13,22,30H,1-3H3/b23-21+. The van der Waals surface area contributed by atoms with E-state index < -0.39 is 17.7 Å². The lowest BCUT2D eigenvalue weighted by Gasteiger charge is -2.27. The molecule has 4 rings (SSSR count). The number of ketones is 1. The molecule has 0 aromatic heterocycles. The number of hydrogen-bond donors (Lipinski definition) is 1. The molecule has 1 heterocycles. The number of aliphatic hydroxyl groups excluding tert-OH is 1. The predicted octanol–water partition coefficient (Wildman–Crippen LogP) is 6.25. The third kappa shape index (κ3) is 3.88. The molecule has 33 heavy (non-hydrogen) atoms. The summed E-state index contributed by atoms with van der Waals surface area (Å²) in [6.07, 6.45) is 0. The summed E-state index contributed by atoms with van der Waals surface area (Å²) in [5, 5.41) is 11.6. The van der Waals surface area contributed by atoms with Crippen molar-refractivity contribution in [2.75, 3.05) is 12.0 Å². The zero-order chi connectivity index (χ0) is 23.9. The van der Waals surface area contributed by atoms with Crippen LogP contribution in [0.5, 0.6) is 5.75 Å². The molecule has 1 aliphatic heterocycles. The zero-order valence-corrected chi connectivity index (χ0v) is 19.7. The third-order valence-electron chi connectivity index (χ3n) is 5.87. The Balaban J connectivity index is 1.98. The first-order valence-electron chi connectivity index (χ1n) is 10.2. The Morgan fingerprint density at radius 2 is 1.61 bits per heavy atom. The van der Waals surface area contributed by atoms with Gasteiger partial charge in [0.2, 0.25) is 0 Å². The molecule has 3 aromatic rings. The van der Waals surface area contributed by atoms with E-state index in [0.717, 1.165) is 11.1 Å². The summed E-state index contributed by atoms with van der Waals surface area (Å²) in [6, 6.07) is 16.8. The number of aryl methyl sites for hydroxylation is 1. The van der Waals surface area contributed by atoms with Gasteiger partial charge in [0.05, 0.1) is 28.8 Å². The van der Waals surface area contributed by atoms with Crippen molar-refractivity contribution in [1.82, 2.24) is 0 Å². The van der Waals surface area contributed by atoms with Crippen molar-refractivity contribution in [3.8, 4) is 5.75 Å². The second-order valence-electron chi connectivity index (χ2n) is 7.77. The van der Waals surface area contributed by atoms with Crippen LogP contribution in [0.25, 0.3) is 5.76 Å². The lowest BCUT2D eigenvalue weighted by Crippen LogP contribution is -2.30. The largest absolute Gasteiger partial charge is 0.507 e. The van der Waals surface area contributed by atoms with E-state index in [1.807, 2.05) is 56.3 Å². The summed E-state index contributed by atoms with van der Waals surface area (Å²) < 4.78 is 5.17. The Bertz CT molecular complexity index is 1280. The van der Waals surface area contributed by atoms with Gasteiger partial charge in [-0.15, -0.1) is 0 Å². The van der Waals surface area contributed by atoms with E-state index >= 15 is 0 Å². The minimum absolute atomic E-state index is 0.0376. The van der Waals surface area contributed by atoms with Gasteiger partial charge in [-0.1, -0.05) is 65.7 Å². The summed E-state index contributed by atoms with van der Waals surface area (Å²) in [7, 11) is 1.43. The number of halogens is 2. The smallest absolute Gasteiger partial charge is 0.300 e. The predicted molar refractivity (Wildman–Crippen MR) is 130 cm³/mol. The molecule has 5 nitrogen and oxygen atoms in total. The Morgan fingerprint density at radius 3 is 2.21 bits per heavy atom. The maximum Gasteiger partial charge on any atom is 0.300 e. The Morgan fingerprint density at radius 1 is 0.970 bits per heavy atom. The van der Waals surface area contributed by atoms with Crippen molar-refractivity contribution in [1.29, 1.82) is 0 Å². The Hall–Kier alpha value is -3.28. The second-order valence-corrected chi connectivity index (χ2v) is 8.59. The number of rotatable bonds is 4. The normalized spacial score (nSPS) is 17.5. The van der Waals surface area contributed by atoms with Gasteiger partial charge in [-0.2, -0.15) is 0 Å². The second kappa shape index (κ2) is 8.93. The van der Waals surface area contributed by atoms with Crippen molar-refractivity contribution in [3.63, 3.8) is 0 Å². The number of hydrogen-bond acceptors (Lipinski definition) is 4. The van der Waals surface area contributed by atoms with E-state index in [1.54, 1.807) is 6.07 Å². The van der Waals surface area contributed by atoms with Crippen LogP contribution in [0.2, 0.25) is 10.0 Å². The van der Waals surface area contributed by atoms with Crippen LogP contribution >= 0.6 is 23.2 Å². The van der Waals surface area contributed by atoms with Crippen molar-refractivity contribution in [2.24, 2.45) is 0 Å². The molecule has 0 spiro atoms. The van der Waals surface area contributed by atoms with E-state index in [0.29, 0.717) is 11.3 Å². The average molecular weight is 482 g/mol. The van der Waals surface area contributed by atoms with Crippen LogP contribution in [-0.4, -0.2) is 23.9 Å². The molecule has 1 fully saturated rings. The average Bonchev–Trinajstić information content (AvgIpc) is 3.06. The van der Waals surface area contributed by atoms with Crippen LogP contribution in [0.3, 0.4) is 0 Å². The fourth-order valence-electron chi connectivity index (χ4n) is 4.08. The van der Waals surface area contributed by atoms with Gasteiger partial charge in [-0.05, 0) is 48.7 Å². The summed E-state index contributed by atoms with van der Waals surface area (Å²) >= 11 is 12.5. The van der Waals surface area contributed by atoms with Crippen molar-refractivity contribution >= 4 is 46.3 Å². The molecule has 0 aliphatic carbocycles. The summed E-state index contributed by atoms with van der Waals surface area (Å²) in [5.41, 5.74) is 3.32. The first kappa shape index (κ1) is 22.9. The van der Waals surface area contributed by atoms with Crippen molar-refractivity contribution in [3.05, 3.63) is 98.5 Å². The highest BCUT2D eigenvalue weighted by atomic mass is 35.5. The van der Waals surface area contributed by atoms with Gasteiger partial charge in [0.1, 0.15) is 5.76 Å². The molecule has 3 aromatic carbocycles. The van der Waals surface area contributed by atoms with Gasteiger partial charge < -0.3 is 9.84 Å². The number of aliphatic hydroxyl groups is 1. The number of Topliss-reactive ketones (excluding diaryl/α,β-unsaturated/α-hetero) is 1. The van der Waals surface area contributed by atoms with E-state index in [9.17, 15) is 14.7 Å². The number of methoxy groups -OCH3 is 1. The van der Waals surface area contributed by atoms with Gasteiger partial charge in [-0.3, -0.25) is 14.5 Å². The lowest BCUT2D eigenvalue weighted by molar-refractivity contribution is -0.132. The number of ether oxygens (including phenoxy) is 1. The monoisotopic (exact) mass is 481 g/mol. The van der Waals surface area contributed by atoms with Gasteiger partial charge in [0, 0.05) is 11.3 Å². The van der Waals surface area contributed by atoms with Crippen molar-refractivity contribution < 1.29 is 19.4 Å². The lowest BCUT2D eigenvalue weighted by atomic mass is 9.94. The number of anilines is 1. The SMILES string of the molecule is COc1c(Cl)cc(/C(O)=C2\C(=O)C(=O)N(c3cccc(C)c3C)C2c2ccccc2)cc1Cl. The first-order valence-corrected chi connectivity index (χ1v) is 11.0. The highest BCUT2D eigenvalue weighted by Crippen LogP contribution is 2.44. The summed E-state index contributed by atoms with van der Waals surface area (Å²) in [5.74, 6) is -1.61. The van der Waals surface area contributed by atoms with Gasteiger partial charge in [-0.25, -0.2) is 0 Å². The molecule has 0 saturated carbocycles. The van der Waals surface area contributed by atoms with E-state index in [-0.39, 0.29) is 32.7 Å². The third-order valence-corrected chi connectivity index (χ3v) is 6.43. The summed E-state index contributed by atoms with van der Waals surface area (Å²) in [4.78, 5) is 28.0. The molecule has 1 saturated heterocycles. The molecular formula is C26H21Cl2NO4. The van der Waals surface area contributed by atoms with Crippen LogP contribution in [-0.2, 0) is 9.59 Å². The molecule has 1 aliphatic rings. The molecule has 1 amide bonds. The molecule has 7 heteroatoms. The molecule has 0 radical (unpaired) electrons. The fraction of sp³-hybridized carbons (Fsp3) is 0.154. The molecule has 1 N–H and O–H groups in total.